The number of thiazole rings is 1. The van der Waals surface area contributed by atoms with Gasteiger partial charge in [0.15, 0.2) is 6.29 Å². The van der Waals surface area contributed by atoms with Crippen LogP contribution in [0, 0.1) is 0 Å². The third-order valence-electron chi connectivity index (χ3n) is 6.13. The van der Waals surface area contributed by atoms with Crippen LogP contribution in [-0.2, 0) is 15.9 Å². The van der Waals surface area contributed by atoms with E-state index in [1.165, 1.54) is 23.3 Å². The number of fused-ring (bicyclic) bond motifs is 1. The second-order valence-corrected chi connectivity index (χ2v) is 9.38. The van der Waals surface area contributed by atoms with Gasteiger partial charge in [-0.3, -0.25) is 9.80 Å². The zero-order chi connectivity index (χ0) is 21.9. The average Bonchev–Trinajstić information content (AvgIpc) is 3.45. The van der Waals surface area contributed by atoms with Crippen LogP contribution >= 0.6 is 11.3 Å². The molecule has 168 valence electrons. The van der Waals surface area contributed by atoms with E-state index in [2.05, 4.69) is 46.6 Å². The number of rotatable bonds is 7. The van der Waals surface area contributed by atoms with Crippen LogP contribution in [0.4, 0.5) is 5.82 Å². The van der Waals surface area contributed by atoms with Gasteiger partial charge in [0.2, 0.25) is 0 Å². The Bertz CT molecular complexity index is 1130. The van der Waals surface area contributed by atoms with E-state index < -0.39 is 0 Å². The minimum atomic E-state index is -0.0464. The van der Waals surface area contributed by atoms with E-state index >= 15 is 0 Å². The lowest BCUT2D eigenvalue weighted by molar-refractivity contribution is -0.161. The zero-order valence-corrected chi connectivity index (χ0v) is 18.9. The Balaban J connectivity index is 1.15. The third kappa shape index (κ3) is 4.78. The molecule has 3 aromatic rings. The first-order valence-corrected chi connectivity index (χ1v) is 12.0. The molecule has 7 nitrogen and oxygen atoms in total. The highest BCUT2D eigenvalue weighted by molar-refractivity contribution is 7.16. The van der Waals surface area contributed by atoms with Crippen molar-refractivity contribution in [2.75, 3.05) is 18.2 Å². The van der Waals surface area contributed by atoms with Crippen LogP contribution in [0.25, 0.3) is 10.2 Å². The number of benzene rings is 1. The molecule has 3 unspecified atom stereocenters. The summed E-state index contributed by atoms with van der Waals surface area (Å²) in [6.45, 7) is 3.64. The summed E-state index contributed by atoms with van der Waals surface area (Å²) in [6.07, 6.45) is 10.2. The summed E-state index contributed by atoms with van der Waals surface area (Å²) in [5, 5.41) is 1.96. The highest BCUT2D eigenvalue weighted by Gasteiger charge is 2.24. The Morgan fingerprint density at radius 2 is 2.25 bits per heavy atom. The molecular formula is C24H28N4O3S. The molecule has 5 rings (SSSR count). The molecule has 2 aliphatic rings. The number of hydrogen-bond donors (Lipinski definition) is 2. The van der Waals surface area contributed by atoms with Crippen LogP contribution in [0.2, 0.25) is 0 Å². The van der Waals surface area contributed by atoms with E-state index in [4.69, 9.17) is 9.47 Å². The first-order valence-electron chi connectivity index (χ1n) is 11.2. The van der Waals surface area contributed by atoms with Gasteiger partial charge in [0.25, 0.3) is 0 Å². The van der Waals surface area contributed by atoms with Crippen LogP contribution in [0.1, 0.15) is 43.2 Å². The normalized spacial score (nSPS) is 22.0. The molecule has 3 atom stereocenters. The van der Waals surface area contributed by atoms with Crippen molar-refractivity contribution in [2.45, 2.75) is 50.9 Å². The number of hydrazine groups is 1. The van der Waals surface area contributed by atoms with E-state index in [0.29, 0.717) is 6.61 Å². The lowest BCUT2D eigenvalue weighted by atomic mass is 9.94. The number of ether oxygens (including phenoxy) is 2. The largest absolute Gasteiger partial charge is 0.353 e. The molecule has 4 heterocycles. The van der Waals surface area contributed by atoms with Crippen LogP contribution in [-0.4, -0.2) is 35.5 Å². The van der Waals surface area contributed by atoms with Crippen molar-refractivity contribution in [1.29, 1.82) is 0 Å². The fraction of sp³-hybridized carbons (Fsp3) is 0.417. The summed E-state index contributed by atoms with van der Waals surface area (Å²) < 4.78 is 12.4. The van der Waals surface area contributed by atoms with Crippen LogP contribution in [0.3, 0.4) is 0 Å². The first-order chi connectivity index (χ1) is 15.7. The topological polar surface area (TPSA) is 79.5 Å². The Morgan fingerprint density at radius 1 is 1.31 bits per heavy atom. The molecule has 2 aromatic heterocycles. The van der Waals surface area contributed by atoms with Gasteiger partial charge >= 0.3 is 4.87 Å². The zero-order valence-electron chi connectivity index (χ0n) is 18.1. The molecule has 1 saturated heterocycles. The van der Waals surface area contributed by atoms with Crippen LogP contribution in [0.5, 0.6) is 0 Å². The monoisotopic (exact) mass is 452 g/mol. The van der Waals surface area contributed by atoms with Gasteiger partial charge in [0, 0.05) is 24.9 Å². The highest BCUT2D eigenvalue weighted by atomic mass is 32.1. The lowest BCUT2D eigenvalue weighted by Gasteiger charge is -2.24. The maximum atomic E-state index is 11.6. The molecule has 32 heavy (non-hydrogen) atoms. The number of aromatic nitrogens is 2. The second-order valence-electron chi connectivity index (χ2n) is 8.37. The maximum Gasteiger partial charge on any atom is 0.305 e. The summed E-state index contributed by atoms with van der Waals surface area (Å²) in [5.41, 5.74) is 6.76. The Morgan fingerprint density at radius 3 is 3.06 bits per heavy atom. The highest BCUT2D eigenvalue weighted by Crippen LogP contribution is 2.28. The van der Waals surface area contributed by atoms with Crippen molar-refractivity contribution in [1.82, 2.24) is 15.4 Å². The van der Waals surface area contributed by atoms with E-state index in [9.17, 15) is 4.79 Å². The van der Waals surface area contributed by atoms with Gasteiger partial charge in [-0.05, 0) is 61.1 Å². The Hall–Kier alpha value is -2.52. The number of nitrogens with one attached hydrogen (secondary N) is 2. The predicted octanol–water partition coefficient (Wildman–Crippen LogP) is 4.08. The van der Waals surface area contributed by atoms with Crippen molar-refractivity contribution in [3.05, 3.63) is 69.6 Å². The van der Waals surface area contributed by atoms with Gasteiger partial charge in [-0.1, -0.05) is 30.4 Å². The molecule has 0 bridgehead atoms. The van der Waals surface area contributed by atoms with Crippen molar-refractivity contribution in [3.63, 3.8) is 0 Å². The fourth-order valence-corrected chi connectivity index (χ4v) is 4.94. The Kier molecular flexibility index (Phi) is 6.36. The fourth-order valence-electron chi connectivity index (χ4n) is 4.16. The standard InChI is InChI=1S/C24H28N4O3S/c1-16(18-6-7-20-21(14-18)32-24(29)26-20)19-9-11-28(27-19)22-8-5-17(15-25-22)10-13-31-23-4-2-3-12-30-23/h5-9,11,14-16,19,23,27H,2-4,10,12-13H2,1H3,(H,26,29). The average molecular weight is 453 g/mol. The number of H-pyrrole nitrogens is 1. The molecule has 0 saturated carbocycles. The van der Waals surface area contributed by atoms with Gasteiger partial charge in [-0.15, -0.1) is 0 Å². The minimum Gasteiger partial charge on any atom is -0.353 e. The van der Waals surface area contributed by atoms with Crippen LogP contribution in [0.15, 0.2) is 53.6 Å². The second kappa shape index (κ2) is 9.54. The quantitative estimate of drug-likeness (QED) is 0.562. The van der Waals surface area contributed by atoms with Crippen LogP contribution < -0.4 is 15.3 Å². The van der Waals surface area contributed by atoms with E-state index in [0.717, 1.165) is 47.5 Å². The summed E-state index contributed by atoms with van der Waals surface area (Å²) >= 11 is 1.25. The number of hydrogen-bond acceptors (Lipinski definition) is 7. The van der Waals surface area contributed by atoms with Gasteiger partial charge in [0.1, 0.15) is 5.82 Å². The van der Waals surface area contributed by atoms with Gasteiger partial charge in [0.05, 0.1) is 22.9 Å². The van der Waals surface area contributed by atoms with Crippen molar-refractivity contribution in [2.24, 2.45) is 0 Å². The summed E-state index contributed by atoms with van der Waals surface area (Å²) in [7, 11) is 0. The van der Waals surface area contributed by atoms with Gasteiger partial charge < -0.3 is 14.5 Å². The maximum absolute atomic E-state index is 11.6. The van der Waals surface area contributed by atoms with Crippen molar-refractivity contribution < 1.29 is 9.47 Å². The molecule has 0 aliphatic carbocycles. The van der Waals surface area contributed by atoms with Crippen molar-refractivity contribution in [3.8, 4) is 0 Å². The molecule has 1 fully saturated rings. The van der Waals surface area contributed by atoms with Gasteiger partial charge in [-0.2, -0.15) is 0 Å². The van der Waals surface area contributed by atoms with Crippen molar-refractivity contribution >= 4 is 27.4 Å². The van der Waals surface area contributed by atoms with E-state index in [-0.39, 0.29) is 23.1 Å². The molecule has 2 N–H and O–H groups in total. The number of anilines is 1. The molecule has 0 spiro atoms. The molecule has 2 aliphatic heterocycles. The van der Waals surface area contributed by atoms with Gasteiger partial charge in [-0.25, -0.2) is 10.4 Å². The molecule has 8 heteroatoms. The summed E-state index contributed by atoms with van der Waals surface area (Å²) in [6, 6.07) is 10.4. The molecule has 0 radical (unpaired) electrons. The number of pyridine rings is 1. The number of aromatic amines is 1. The third-order valence-corrected chi connectivity index (χ3v) is 6.97. The first kappa shape index (κ1) is 21.3. The van der Waals surface area contributed by atoms with E-state index in [1.54, 1.807) is 0 Å². The Labute approximate surface area is 191 Å². The molecule has 1 aromatic carbocycles. The lowest BCUT2D eigenvalue weighted by Crippen LogP contribution is -2.38. The smallest absolute Gasteiger partial charge is 0.305 e. The summed E-state index contributed by atoms with van der Waals surface area (Å²) in [4.78, 5) is 19.1. The minimum absolute atomic E-state index is 0.0155. The number of nitrogens with zero attached hydrogens (tertiary/aromatic N) is 2. The molecule has 0 amide bonds. The SMILES string of the molecule is CC(c1ccc2[nH]c(=O)sc2c1)C1C=CN(c2ccc(CCOC3CCCCO3)cn2)N1. The molecular weight excluding hydrogens is 424 g/mol. The summed E-state index contributed by atoms with van der Waals surface area (Å²) in [5.74, 6) is 1.10. The van der Waals surface area contributed by atoms with E-state index in [1.807, 2.05) is 29.5 Å². The predicted molar refractivity (Wildman–Crippen MR) is 127 cm³/mol.